The number of rotatable bonds is 2. The fraction of sp³-hybridized carbons (Fsp3) is 0.0333. The van der Waals surface area contributed by atoms with E-state index in [9.17, 15) is 0 Å². The minimum atomic E-state index is 0.00988. The van der Waals surface area contributed by atoms with Gasteiger partial charge in [-0.1, -0.05) is 103 Å². The van der Waals surface area contributed by atoms with Gasteiger partial charge in [-0.25, -0.2) is 4.98 Å². The Hall–Kier alpha value is -4.37. The second-order valence-electron chi connectivity index (χ2n) is 8.49. The molecule has 33 heavy (non-hydrogen) atoms. The average molecular weight is 423 g/mol. The average Bonchev–Trinajstić information content (AvgIpc) is 3.29. The molecule has 1 aliphatic heterocycles. The van der Waals surface area contributed by atoms with Crippen LogP contribution in [-0.4, -0.2) is 9.38 Å². The Morgan fingerprint density at radius 1 is 0.697 bits per heavy atom. The molecule has 0 saturated heterocycles. The molecule has 6 aromatic rings. The first kappa shape index (κ1) is 18.2. The molecule has 0 fully saturated rings. The Labute approximate surface area is 191 Å². The maximum atomic E-state index is 5.00. The van der Waals surface area contributed by atoms with Crippen molar-refractivity contribution in [2.24, 2.45) is 0 Å². The lowest BCUT2D eigenvalue weighted by atomic mass is 9.96. The quantitative estimate of drug-likeness (QED) is 0.262. The number of allylic oxidation sites excluding steroid dienone is 2. The van der Waals surface area contributed by atoms with Crippen LogP contribution in [0.5, 0.6) is 0 Å². The lowest BCUT2D eigenvalue weighted by Gasteiger charge is -2.32. The molecule has 4 aromatic carbocycles. The third-order valence-electron chi connectivity index (χ3n) is 6.56. The summed E-state index contributed by atoms with van der Waals surface area (Å²) in [4.78, 5) is 5.00. The van der Waals surface area contributed by atoms with Crippen LogP contribution in [0.2, 0.25) is 0 Å². The summed E-state index contributed by atoms with van der Waals surface area (Å²) in [6.45, 7) is 0. The topological polar surface area (TPSA) is 31.4 Å². The molecule has 3 heteroatoms. The van der Waals surface area contributed by atoms with Gasteiger partial charge in [0.1, 0.15) is 5.65 Å². The summed E-state index contributed by atoms with van der Waals surface area (Å²) in [6, 6.07) is 34.0. The highest BCUT2D eigenvalue weighted by Gasteiger charge is 2.14. The molecule has 156 valence electrons. The minimum absolute atomic E-state index is 0.00988. The fourth-order valence-electron chi connectivity index (χ4n) is 4.96. The number of fused-ring (bicyclic) bond motifs is 8. The zero-order chi connectivity index (χ0) is 21.8. The molecule has 1 unspecified atom stereocenters. The highest BCUT2D eigenvalue weighted by molar-refractivity contribution is 6.14. The second-order valence-corrected chi connectivity index (χ2v) is 8.49. The molecular weight excluding hydrogens is 402 g/mol. The Balaban J connectivity index is 1.40. The van der Waals surface area contributed by atoms with Crippen LogP contribution in [-0.2, 0) is 0 Å². The number of hydrogen-bond donors (Lipinski definition) is 0. The van der Waals surface area contributed by atoms with E-state index in [4.69, 9.17) is 10.3 Å². The molecule has 0 saturated carbocycles. The molecule has 0 aliphatic carbocycles. The number of pyridine rings is 1. The van der Waals surface area contributed by atoms with Crippen molar-refractivity contribution in [1.82, 2.24) is 9.38 Å². The van der Waals surface area contributed by atoms with Gasteiger partial charge in [-0.05, 0) is 34.7 Å². The van der Waals surface area contributed by atoms with Gasteiger partial charge in [-0.15, -0.1) is 0 Å². The minimum Gasteiger partial charge on any atom is -0.681 e. The molecule has 1 atom stereocenters. The molecule has 3 heterocycles. The molecule has 2 aromatic heterocycles. The summed E-state index contributed by atoms with van der Waals surface area (Å²) in [5, 5.41) is 8.48. The largest absolute Gasteiger partial charge is 0.681 e. The van der Waals surface area contributed by atoms with Crippen molar-refractivity contribution < 1.29 is 0 Å². The van der Waals surface area contributed by atoms with Crippen molar-refractivity contribution in [2.45, 2.75) is 6.04 Å². The number of nitrogens with zero attached hydrogens (tertiary/aromatic N) is 3. The van der Waals surface area contributed by atoms with E-state index in [1.807, 2.05) is 18.3 Å². The van der Waals surface area contributed by atoms with Gasteiger partial charge >= 0.3 is 0 Å². The van der Waals surface area contributed by atoms with E-state index in [0.717, 1.165) is 27.6 Å². The van der Waals surface area contributed by atoms with E-state index in [0.29, 0.717) is 0 Å². The van der Waals surface area contributed by atoms with Crippen LogP contribution in [0, 0.1) is 0 Å². The van der Waals surface area contributed by atoms with Gasteiger partial charge in [0.05, 0.1) is 16.6 Å². The smallest absolute Gasteiger partial charge is 0.146 e. The van der Waals surface area contributed by atoms with E-state index in [-0.39, 0.29) is 6.04 Å². The summed E-state index contributed by atoms with van der Waals surface area (Å²) in [5.74, 6) is 0. The highest BCUT2D eigenvalue weighted by atomic mass is 15.0. The van der Waals surface area contributed by atoms with E-state index in [1.165, 1.54) is 27.4 Å². The molecule has 0 N–H and O–H groups in total. The van der Waals surface area contributed by atoms with Crippen LogP contribution in [0.1, 0.15) is 17.2 Å². The van der Waals surface area contributed by atoms with Crippen molar-refractivity contribution in [2.75, 3.05) is 0 Å². The van der Waals surface area contributed by atoms with Crippen LogP contribution < -0.4 is 0 Å². The van der Waals surface area contributed by atoms with E-state index in [2.05, 4.69) is 101 Å². The lowest BCUT2D eigenvalue weighted by Crippen LogP contribution is -1.98. The lowest BCUT2D eigenvalue weighted by molar-refractivity contribution is 1.03. The van der Waals surface area contributed by atoms with Crippen molar-refractivity contribution in [1.29, 1.82) is 0 Å². The monoisotopic (exact) mass is 422 g/mol. The number of benzene rings is 4. The molecular formula is C30H20N3-. The molecule has 1 aliphatic rings. The molecule has 3 nitrogen and oxygen atoms in total. The summed E-state index contributed by atoms with van der Waals surface area (Å²) in [7, 11) is 0. The second kappa shape index (κ2) is 7.07. The first-order chi connectivity index (χ1) is 16.4. The Kier molecular flexibility index (Phi) is 3.91. The van der Waals surface area contributed by atoms with Crippen LogP contribution in [0.3, 0.4) is 0 Å². The molecule has 0 bridgehead atoms. The predicted octanol–water partition coefficient (Wildman–Crippen LogP) is 7.82. The number of para-hydroxylation sites is 3. The van der Waals surface area contributed by atoms with Crippen LogP contribution >= 0.6 is 0 Å². The third-order valence-corrected chi connectivity index (χ3v) is 6.56. The van der Waals surface area contributed by atoms with Gasteiger partial charge in [0, 0.05) is 10.8 Å². The number of aromatic nitrogens is 2. The van der Waals surface area contributed by atoms with Gasteiger partial charge in [-0.3, -0.25) is 4.40 Å². The molecule has 7 rings (SSSR count). The third kappa shape index (κ3) is 2.79. The predicted molar refractivity (Wildman–Crippen MR) is 137 cm³/mol. The van der Waals surface area contributed by atoms with E-state index < -0.39 is 0 Å². The van der Waals surface area contributed by atoms with Crippen molar-refractivity contribution in [3.8, 4) is 0 Å². The maximum absolute atomic E-state index is 5.00. The van der Waals surface area contributed by atoms with Gasteiger partial charge in [0.2, 0.25) is 0 Å². The van der Waals surface area contributed by atoms with Crippen molar-refractivity contribution in [3.05, 3.63) is 132 Å². The summed E-state index contributed by atoms with van der Waals surface area (Å²) >= 11 is 0. The summed E-state index contributed by atoms with van der Waals surface area (Å²) in [6.07, 6.45) is 6.36. The normalized spacial score (nSPS) is 15.9. The number of hydrogen-bond acceptors (Lipinski definition) is 1. The Morgan fingerprint density at radius 3 is 2.33 bits per heavy atom. The van der Waals surface area contributed by atoms with Gasteiger partial charge < -0.3 is 5.32 Å². The highest BCUT2D eigenvalue weighted by Crippen LogP contribution is 2.37. The van der Waals surface area contributed by atoms with Gasteiger partial charge in [-0.2, -0.15) is 6.20 Å². The summed E-state index contributed by atoms with van der Waals surface area (Å²) < 4.78 is 2.28. The standard InChI is InChI=1S/C30H20N3/c1-2-8-20(9-3-1)22-15-17-26(31-19-22)21-14-16-24-25(18-21)23-10-4-6-12-28(23)33-29-13-7-5-11-27(29)32-30(24)33/h1-19,26H/q-1. The summed E-state index contributed by atoms with van der Waals surface area (Å²) in [5.41, 5.74) is 7.85. The Morgan fingerprint density at radius 2 is 1.48 bits per heavy atom. The molecule has 0 spiro atoms. The fourth-order valence-corrected chi connectivity index (χ4v) is 4.96. The Bertz CT molecular complexity index is 1740. The van der Waals surface area contributed by atoms with Crippen LogP contribution in [0.15, 0.2) is 115 Å². The van der Waals surface area contributed by atoms with Crippen LogP contribution in [0.4, 0.5) is 0 Å². The first-order valence-corrected chi connectivity index (χ1v) is 11.2. The molecule has 0 radical (unpaired) electrons. The maximum Gasteiger partial charge on any atom is 0.146 e. The van der Waals surface area contributed by atoms with Gasteiger partial charge in [0.25, 0.3) is 0 Å². The SMILES string of the molecule is C1=CC(c2ccc3c(c2)c2ccccc2n2c4ccccc4nc32)[N-]C=C1c1ccccc1. The number of imidazole rings is 1. The van der Waals surface area contributed by atoms with Crippen molar-refractivity contribution in [3.63, 3.8) is 0 Å². The van der Waals surface area contributed by atoms with Crippen molar-refractivity contribution >= 4 is 43.9 Å². The first-order valence-electron chi connectivity index (χ1n) is 11.2. The van der Waals surface area contributed by atoms with Crippen LogP contribution in [0.25, 0.3) is 49.2 Å². The molecule has 0 amide bonds. The zero-order valence-electron chi connectivity index (χ0n) is 17.9. The van der Waals surface area contributed by atoms with E-state index >= 15 is 0 Å². The van der Waals surface area contributed by atoms with E-state index in [1.54, 1.807) is 0 Å². The van der Waals surface area contributed by atoms with Gasteiger partial charge in [0.15, 0.2) is 0 Å². The zero-order valence-corrected chi connectivity index (χ0v) is 17.9.